The molecule has 60 valence electrons. The third kappa shape index (κ3) is 2.06. The van der Waals surface area contributed by atoms with Gasteiger partial charge in [-0.15, -0.1) is 0 Å². The van der Waals surface area contributed by atoms with Crippen LogP contribution >= 0.6 is 0 Å². The van der Waals surface area contributed by atoms with Gasteiger partial charge in [0.1, 0.15) is 11.8 Å². The minimum atomic E-state index is -0.151. The first kappa shape index (κ1) is 8.21. The van der Waals surface area contributed by atoms with Crippen molar-refractivity contribution in [1.82, 2.24) is 4.98 Å². The maximum Gasteiger partial charge on any atom is 0.221 e. The Morgan fingerprint density at radius 1 is 1.67 bits per heavy atom. The summed E-state index contributed by atoms with van der Waals surface area (Å²) in [6.07, 6.45) is 1.44. The quantitative estimate of drug-likeness (QED) is 0.665. The molecule has 0 aromatic carbocycles. The first-order chi connectivity index (χ1) is 5.72. The molecule has 0 aliphatic carbocycles. The summed E-state index contributed by atoms with van der Waals surface area (Å²) in [6.45, 7) is 1.41. The third-order valence-electron chi connectivity index (χ3n) is 1.20. The average molecular weight is 161 g/mol. The van der Waals surface area contributed by atoms with Crippen LogP contribution in [0.3, 0.4) is 0 Å². The van der Waals surface area contributed by atoms with Gasteiger partial charge in [-0.2, -0.15) is 5.26 Å². The first-order valence-corrected chi connectivity index (χ1v) is 3.36. The summed E-state index contributed by atoms with van der Waals surface area (Å²) in [5, 5.41) is 11.0. The molecule has 0 unspecified atom stereocenters. The molecule has 0 atom stereocenters. The predicted octanol–water partition coefficient (Wildman–Crippen LogP) is 0.912. The largest absolute Gasteiger partial charge is 0.325 e. The predicted molar refractivity (Wildman–Crippen MR) is 43.3 cm³/mol. The summed E-state index contributed by atoms with van der Waals surface area (Å²) >= 11 is 0. The van der Waals surface area contributed by atoms with E-state index in [2.05, 4.69) is 10.3 Å². The molecule has 1 heterocycles. The van der Waals surface area contributed by atoms with Gasteiger partial charge in [-0.3, -0.25) is 4.79 Å². The Hall–Kier alpha value is -1.89. The monoisotopic (exact) mass is 161 g/mol. The average Bonchev–Trinajstić information content (AvgIpc) is 2.05. The molecule has 4 nitrogen and oxygen atoms in total. The van der Waals surface area contributed by atoms with Crippen molar-refractivity contribution in [3.05, 3.63) is 24.0 Å². The lowest BCUT2D eigenvalue weighted by Gasteiger charge is -1.98. The lowest BCUT2D eigenvalue weighted by atomic mass is 10.3. The van der Waals surface area contributed by atoms with E-state index < -0.39 is 0 Å². The molecule has 1 rings (SSSR count). The van der Waals surface area contributed by atoms with Crippen molar-refractivity contribution >= 4 is 11.6 Å². The molecule has 0 aliphatic heterocycles. The van der Waals surface area contributed by atoms with Crippen LogP contribution in [0.2, 0.25) is 0 Å². The summed E-state index contributed by atoms with van der Waals surface area (Å²) in [5.41, 5.74) is 0.936. The highest BCUT2D eigenvalue weighted by molar-refractivity contribution is 5.88. The highest BCUT2D eigenvalue weighted by atomic mass is 16.1. The van der Waals surface area contributed by atoms with Crippen LogP contribution in [-0.4, -0.2) is 10.9 Å². The topological polar surface area (TPSA) is 65.8 Å². The summed E-state index contributed by atoms with van der Waals surface area (Å²) in [4.78, 5) is 14.3. The Bertz CT molecular complexity index is 323. The van der Waals surface area contributed by atoms with Gasteiger partial charge in [0.15, 0.2) is 0 Å². The number of carbonyl (C=O) groups is 1. The molecular weight excluding hydrogens is 154 g/mol. The van der Waals surface area contributed by atoms with Crippen LogP contribution in [0.25, 0.3) is 0 Å². The van der Waals surface area contributed by atoms with E-state index in [1.165, 1.54) is 13.1 Å². The van der Waals surface area contributed by atoms with E-state index in [0.717, 1.165) is 0 Å². The minimum Gasteiger partial charge on any atom is -0.325 e. The molecule has 0 spiro atoms. The Balaban J connectivity index is 2.80. The number of hydrogen-bond donors (Lipinski definition) is 1. The van der Waals surface area contributed by atoms with Gasteiger partial charge in [-0.05, 0) is 12.1 Å². The molecule has 1 aromatic heterocycles. The SMILES string of the molecule is CC(=O)Nc1ccc(C#N)nc1. The highest BCUT2D eigenvalue weighted by Gasteiger charge is 1.95. The van der Waals surface area contributed by atoms with Crippen LogP contribution in [-0.2, 0) is 4.79 Å². The number of nitrogens with one attached hydrogen (secondary N) is 1. The van der Waals surface area contributed by atoms with Gasteiger partial charge in [0.2, 0.25) is 5.91 Å². The van der Waals surface area contributed by atoms with Crippen LogP contribution in [0.5, 0.6) is 0 Å². The van der Waals surface area contributed by atoms with Gasteiger partial charge in [-0.1, -0.05) is 0 Å². The Labute approximate surface area is 69.8 Å². The van der Waals surface area contributed by atoms with Gasteiger partial charge in [0.05, 0.1) is 11.9 Å². The van der Waals surface area contributed by atoms with Gasteiger partial charge in [0, 0.05) is 6.92 Å². The van der Waals surface area contributed by atoms with Crippen molar-refractivity contribution in [3.8, 4) is 6.07 Å². The number of rotatable bonds is 1. The van der Waals surface area contributed by atoms with Crippen molar-refractivity contribution in [2.24, 2.45) is 0 Å². The second-order valence-corrected chi connectivity index (χ2v) is 2.23. The molecule has 0 saturated heterocycles. The summed E-state index contributed by atoms with van der Waals surface area (Å²) in [5.74, 6) is -0.151. The van der Waals surface area contributed by atoms with Gasteiger partial charge >= 0.3 is 0 Å². The zero-order valence-electron chi connectivity index (χ0n) is 6.53. The Kier molecular flexibility index (Phi) is 2.38. The van der Waals surface area contributed by atoms with E-state index in [1.807, 2.05) is 6.07 Å². The van der Waals surface area contributed by atoms with Gasteiger partial charge in [0.25, 0.3) is 0 Å². The number of hydrogen-bond acceptors (Lipinski definition) is 3. The number of amides is 1. The number of aromatic nitrogens is 1. The summed E-state index contributed by atoms with van der Waals surface area (Å²) in [6, 6.07) is 5.06. The smallest absolute Gasteiger partial charge is 0.221 e. The molecule has 0 bridgehead atoms. The normalized spacial score (nSPS) is 8.67. The zero-order chi connectivity index (χ0) is 8.97. The zero-order valence-corrected chi connectivity index (χ0v) is 6.53. The molecule has 0 fully saturated rings. The molecule has 1 N–H and O–H groups in total. The molecule has 1 aromatic rings. The fraction of sp³-hybridized carbons (Fsp3) is 0.125. The van der Waals surface area contributed by atoms with E-state index >= 15 is 0 Å². The molecule has 4 heteroatoms. The van der Waals surface area contributed by atoms with Crippen LogP contribution in [0.4, 0.5) is 5.69 Å². The lowest BCUT2D eigenvalue weighted by Crippen LogP contribution is -2.05. The van der Waals surface area contributed by atoms with E-state index in [-0.39, 0.29) is 5.91 Å². The molecule has 1 amide bonds. The van der Waals surface area contributed by atoms with Crippen LogP contribution < -0.4 is 5.32 Å². The van der Waals surface area contributed by atoms with Gasteiger partial charge < -0.3 is 5.32 Å². The van der Waals surface area contributed by atoms with Crippen molar-refractivity contribution in [2.75, 3.05) is 5.32 Å². The summed E-state index contributed by atoms with van der Waals surface area (Å²) < 4.78 is 0. The number of carbonyl (C=O) groups excluding carboxylic acids is 1. The van der Waals surface area contributed by atoms with E-state index in [4.69, 9.17) is 5.26 Å². The number of pyridine rings is 1. The van der Waals surface area contributed by atoms with Crippen molar-refractivity contribution < 1.29 is 4.79 Å². The van der Waals surface area contributed by atoms with E-state index in [1.54, 1.807) is 12.1 Å². The molecule has 12 heavy (non-hydrogen) atoms. The highest BCUT2D eigenvalue weighted by Crippen LogP contribution is 2.04. The molecular formula is C8H7N3O. The summed E-state index contributed by atoms with van der Waals surface area (Å²) in [7, 11) is 0. The number of nitriles is 1. The minimum absolute atomic E-state index is 0.151. The standard InChI is InChI=1S/C8H7N3O/c1-6(12)11-8-3-2-7(4-9)10-5-8/h2-3,5H,1H3,(H,11,12). The Morgan fingerprint density at radius 2 is 2.42 bits per heavy atom. The number of anilines is 1. The second kappa shape index (κ2) is 3.49. The van der Waals surface area contributed by atoms with E-state index in [9.17, 15) is 4.79 Å². The van der Waals surface area contributed by atoms with Crippen LogP contribution in [0.1, 0.15) is 12.6 Å². The van der Waals surface area contributed by atoms with Crippen molar-refractivity contribution in [3.63, 3.8) is 0 Å². The molecule has 0 radical (unpaired) electrons. The van der Waals surface area contributed by atoms with Crippen molar-refractivity contribution in [2.45, 2.75) is 6.92 Å². The lowest BCUT2D eigenvalue weighted by molar-refractivity contribution is -0.114. The number of nitrogens with zero attached hydrogens (tertiary/aromatic N) is 2. The van der Waals surface area contributed by atoms with Gasteiger partial charge in [-0.25, -0.2) is 4.98 Å². The third-order valence-corrected chi connectivity index (χ3v) is 1.20. The maximum atomic E-state index is 10.6. The van der Waals surface area contributed by atoms with Crippen molar-refractivity contribution in [1.29, 1.82) is 5.26 Å². The fourth-order valence-electron chi connectivity index (χ4n) is 0.737. The van der Waals surface area contributed by atoms with Crippen LogP contribution in [0, 0.1) is 11.3 Å². The first-order valence-electron chi connectivity index (χ1n) is 3.36. The van der Waals surface area contributed by atoms with Crippen LogP contribution in [0.15, 0.2) is 18.3 Å². The maximum absolute atomic E-state index is 10.6. The fourth-order valence-corrected chi connectivity index (χ4v) is 0.737. The molecule has 0 aliphatic rings. The molecule has 0 saturated carbocycles. The second-order valence-electron chi connectivity index (χ2n) is 2.23. The Morgan fingerprint density at radius 3 is 2.83 bits per heavy atom. The van der Waals surface area contributed by atoms with E-state index in [0.29, 0.717) is 11.4 Å².